The van der Waals surface area contributed by atoms with Crippen LogP contribution in [0.4, 0.5) is 0 Å². The number of aryl methyl sites for hydroxylation is 1. The first-order chi connectivity index (χ1) is 12.0. The third-order valence-corrected chi connectivity index (χ3v) is 6.25. The molecular formula is C18H19NO4S2. The maximum Gasteiger partial charge on any atom is 0.212 e. The highest BCUT2D eigenvalue weighted by Crippen LogP contribution is 2.32. The van der Waals surface area contributed by atoms with E-state index >= 15 is 0 Å². The molecule has 0 aliphatic carbocycles. The standard InChI is InChI=1S/C18H19NO4S2/c20-18(16-8-4-11-23-16,17-9-5-12-24-17)14-19-25(21,22)13-10-15-6-2-1-3-7-15/h1-9,11-12,19-20H,10,13-14H2. The van der Waals surface area contributed by atoms with Crippen molar-refractivity contribution in [2.45, 2.75) is 12.0 Å². The van der Waals surface area contributed by atoms with Crippen molar-refractivity contribution in [2.75, 3.05) is 12.3 Å². The number of thiophene rings is 1. The van der Waals surface area contributed by atoms with Crippen molar-refractivity contribution in [3.63, 3.8) is 0 Å². The van der Waals surface area contributed by atoms with Crippen molar-refractivity contribution in [3.8, 4) is 0 Å². The van der Waals surface area contributed by atoms with Gasteiger partial charge in [0, 0.05) is 4.88 Å². The smallest absolute Gasteiger partial charge is 0.212 e. The Kier molecular flexibility index (Phi) is 5.39. The molecule has 0 amide bonds. The number of hydrogen-bond donors (Lipinski definition) is 2. The normalized spacial score (nSPS) is 14.3. The first kappa shape index (κ1) is 17.9. The van der Waals surface area contributed by atoms with Crippen LogP contribution in [0.1, 0.15) is 16.2 Å². The molecule has 25 heavy (non-hydrogen) atoms. The van der Waals surface area contributed by atoms with E-state index in [0.717, 1.165) is 5.56 Å². The average molecular weight is 377 g/mol. The van der Waals surface area contributed by atoms with Crippen molar-refractivity contribution < 1.29 is 17.9 Å². The molecule has 3 aromatic rings. The van der Waals surface area contributed by atoms with Crippen LogP contribution in [0, 0.1) is 0 Å². The second-order valence-corrected chi connectivity index (χ2v) is 8.56. The lowest BCUT2D eigenvalue weighted by molar-refractivity contribution is 0.0655. The van der Waals surface area contributed by atoms with E-state index < -0.39 is 15.6 Å². The Morgan fingerprint density at radius 2 is 1.88 bits per heavy atom. The van der Waals surface area contributed by atoms with Gasteiger partial charge in [-0.25, -0.2) is 13.1 Å². The van der Waals surface area contributed by atoms with Gasteiger partial charge >= 0.3 is 0 Å². The monoisotopic (exact) mass is 377 g/mol. The second kappa shape index (κ2) is 7.53. The van der Waals surface area contributed by atoms with Crippen LogP contribution in [-0.2, 0) is 22.0 Å². The van der Waals surface area contributed by atoms with Gasteiger partial charge in [-0.3, -0.25) is 0 Å². The van der Waals surface area contributed by atoms with E-state index in [9.17, 15) is 13.5 Å². The lowest BCUT2D eigenvalue weighted by Crippen LogP contribution is -2.41. The topological polar surface area (TPSA) is 79.5 Å². The van der Waals surface area contributed by atoms with Gasteiger partial charge in [0.25, 0.3) is 0 Å². The predicted molar refractivity (Wildman–Crippen MR) is 98.0 cm³/mol. The molecular weight excluding hydrogens is 358 g/mol. The van der Waals surface area contributed by atoms with Crippen LogP contribution >= 0.6 is 11.3 Å². The fourth-order valence-corrected chi connectivity index (χ4v) is 4.41. The molecule has 0 aliphatic heterocycles. The molecule has 1 unspecified atom stereocenters. The molecule has 2 aromatic heterocycles. The van der Waals surface area contributed by atoms with Crippen LogP contribution in [0.3, 0.4) is 0 Å². The molecule has 2 heterocycles. The Bertz CT molecular complexity index is 838. The summed E-state index contributed by atoms with van der Waals surface area (Å²) in [6, 6.07) is 16.3. The van der Waals surface area contributed by atoms with Crippen LogP contribution in [-0.4, -0.2) is 25.8 Å². The number of benzene rings is 1. The minimum absolute atomic E-state index is 0.0459. The van der Waals surface area contributed by atoms with Gasteiger partial charge in [-0.05, 0) is 35.6 Å². The van der Waals surface area contributed by atoms with Crippen molar-refractivity contribution in [2.24, 2.45) is 0 Å². The minimum atomic E-state index is -3.54. The highest BCUT2D eigenvalue weighted by molar-refractivity contribution is 7.89. The summed E-state index contributed by atoms with van der Waals surface area (Å²) in [5.74, 6) is 0.260. The number of rotatable bonds is 8. The number of hydrogen-bond acceptors (Lipinski definition) is 5. The van der Waals surface area contributed by atoms with Crippen LogP contribution in [0.25, 0.3) is 0 Å². The van der Waals surface area contributed by atoms with E-state index in [1.54, 1.807) is 24.3 Å². The van der Waals surface area contributed by atoms with Crippen molar-refractivity contribution in [1.29, 1.82) is 0 Å². The Hall–Kier alpha value is -1.93. The van der Waals surface area contributed by atoms with Gasteiger partial charge in [-0.15, -0.1) is 11.3 Å². The highest BCUT2D eigenvalue weighted by Gasteiger charge is 2.36. The molecule has 0 radical (unpaired) electrons. The SMILES string of the molecule is O=S(=O)(CCc1ccccc1)NCC(O)(c1ccco1)c1cccs1. The molecule has 3 rings (SSSR count). The van der Waals surface area contributed by atoms with Gasteiger partial charge in [0.15, 0.2) is 5.60 Å². The molecule has 0 saturated heterocycles. The molecule has 5 nitrogen and oxygen atoms in total. The lowest BCUT2D eigenvalue weighted by atomic mass is 9.99. The van der Waals surface area contributed by atoms with Crippen molar-refractivity contribution in [3.05, 3.63) is 82.4 Å². The lowest BCUT2D eigenvalue weighted by Gasteiger charge is -2.25. The van der Waals surface area contributed by atoms with Gasteiger partial charge in [0.1, 0.15) is 5.76 Å². The zero-order valence-corrected chi connectivity index (χ0v) is 15.1. The first-order valence-electron chi connectivity index (χ1n) is 7.81. The molecule has 0 spiro atoms. The summed E-state index contributed by atoms with van der Waals surface area (Å²) < 4.78 is 32.5. The maximum absolute atomic E-state index is 12.3. The Labute approximate surface area is 151 Å². The van der Waals surface area contributed by atoms with Crippen LogP contribution in [0.2, 0.25) is 0 Å². The molecule has 1 atom stereocenters. The van der Waals surface area contributed by atoms with Crippen LogP contribution in [0.5, 0.6) is 0 Å². The number of aliphatic hydroxyl groups is 1. The van der Waals surface area contributed by atoms with E-state index in [4.69, 9.17) is 4.42 Å². The van der Waals surface area contributed by atoms with E-state index in [1.807, 2.05) is 35.7 Å². The maximum atomic E-state index is 12.3. The molecule has 7 heteroatoms. The molecule has 2 N–H and O–H groups in total. The third-order valence-electron chi connectivity index (χ3n) is 3.91. The molecule has 1 aromatic carbocycles. The summed E-state index contributed by atoms with van der Waals surface area (Å²) in [5, 5.41) is 12.9. The van der Waals surface area contributed by atoms with Crippen LogP contribution in [0.15, 0.2) is 70.7 Å². The molecule has 0 saturated carbocycles. The van der Waals surface area contributed by atoms with Gasteiger partial charge in [0.2, 0.25) is 10.0 Å². The summed E-state index contributed by atoms with van der Waals surface area (Å²) in [7, 11) is -3.54. The highest BCUT2D eigenvalue weighted by atomic mass is 32.2. The Morgan fingerprint density at radius 1 is 1.08 bits per heavy atom. The Balaban J connectivity index is 1.71. The van der Waals surface area contributed by atoms with E-state index in [0.29, 0.717) is 17.1 Å². The fraction of sp³-hybridized carbons (Fsp3) is 0.222. The van der Waals surface area contributed by atoms with Gasteiger partial charge in [-0.2, -0.15) is 0 Å². The van der Waals surface area contributed by atoms with Crippen molar-refractivity contribution in [1.82, 2.24) is 4.72 Å². The summed E-state index contributed by atoms with van der Waals surface area (Å²) in [5.41, 5.74) is -0.579. The first-order valence-corrected chi connectivity index (χ1v) is 10.3. The predicted octanol–water partition coefficient (Wildman–Crippen LogP) is 2.74. The molecule has 0 fully saturated rings. The van der Waals surface area contributed by atoms with Gasteiger partial charge < -0.3 is 9.52 Å². The van der Waals surface area contributed by atoms with Crippen molar-refractivity contribution >= 4 is 21.4 Å². The van der Waals surface area contributed by atoms with E-state index in [1.165, 1.54) is 17.6 Å². The van der Waals surface area contributed by atoms with Crippen LogP contribution < -0.4 is 4.72 Å². The summed E-state index contributed by atoms with van der Waals surface area (Å²) in [6.07, 6.45) is 1.87. The third kappa shape index (κ3) is 4.38. The number of sulfonamides is 1. The largest absolute Gasteiger partial charge is 0.466 e. The van der Waals surface area contributed by atoms with E-state index in [-0.39, 0.29) is 12.3 Å². The number of nitrogens with one attached hydrogen (secondary N) is 1. The zero-order valence-electron chi connectivity index (χ0n) is 13.5. The summed E-state index contributed by atoms with van der Waals surface area (Å²) >= 11 is 1.34. The molecule has 0 aliphatic rings. The van der Waals surface area contributed by atoms with Gasteiger partial charge in [0.05, 0.1) is 18.6 Å². The quantitative estimate of drug-likeness (QED) is 0.633. The zero-order chi connectivity index (χ0) is 17.8. The summed E-state index contributed by atoms with van der Waals surface area (Å²) in [4.78, 5) is 0.619. The Morgan fingerprint density at radius 3 is 2.52 bits per heavy atom. The van der Waals surface area contributed by atoms with E-state index in [2.05, 4.69) is 4.72 Å². The molecule has 0 bridgehead atoms. The van der Waals surface area contributed by atoms with Gasteiger partial charge in [-0.1, -0.05) is 36.4 Å². The second-order valence-electron chi connectivity index (χ2n) is 5.69. The summed E-state index contributed by atoms with van der Waals surface area (Å²) in [6.45, 7) is -0.182. The molecule has 132 valence electrons. The fourth-order valence-electron chi connectivity index (χ4n) is 2.51. The average Bonchev–Trinajstić information content (AvgIpc) is 3.33. The number of furan rings is 1. The minimum Gasteiger partial charge on any atom is -0.466 e.